The Balaban J connectivity index is 1.79. The van der Waals surface area contributed by atoms with Crippen LogP contribution in [0.3, 0.4) is 0 Å². The topological polar surface area (TPSA) is 66.5 Å². The second-order valence-corrected chi connectivity index (χ2v) is 9.57. The number of carbonyl (C=O) groups excluding carboxylic acids is 1. The van der Waals surface area contributed by atoms with Gasteiger partial charge < -0.3 is 5.32 Å². The van der Waals surface area contributed by atoms with E-state index >= 15 is 0 Å². The second-order valence-electron chi connectivity index (χ2n) is 7.25. The third-order valence-corrected chi connectivity index (χ3v) is 6.51. The van der Waals surface area contributed by atoms with Crippen molar-refractivity contribution in [1.29, 1.82) is 0 Å². The molecule has 0 aliphatic heterocycles. The van der Waals surface area contributed by atoms with Crippen LogP contribution >= 0.6 is 11.6 Å². The van der Waals surface area contributed by atoms with Gasteiger partial charge in [0.15, 0.2) is 0 Å². The minimum absolute atomic E-state index is 0.0962. The van der Waals surface area contributed by atoms with E-state index in [-0.39, 0.29) is 18.5 Å². The van der Waals surface area contributed by atoms with Gasteiger partial charge in [-0.15, -0.1) is 0 Å². The van der Waals surface area contributed by atoms with Crippen molar-refractivity contribution < 1.29 is 13.2 Å². The first-order valence-corrected chi connectivity index (χ1v) is 12.2. The van der Waals surface area contributed by atoms with E-state index < -0.39 is 10.0 Å². The van der Waals surface area contributed by atoms with Crippen LogP contribution in [0.15, 0.2) is 78.9 Å². The number of nitrogens with zero attached hydrogens (tertiary/aromatic N) is 1. The average Bonchev–Trinajstić information content (AvgIpc) is 2.76. The molecule has 3 rings (SSSR count). The van der Waals surface area contributed by atoms with Crippen LogP contribution in [-0.4, -0.2) is 20.6 Å². The standard InChI is InChI=1S/C24H25ClN2O3S/c1-3-23(18-9-5-4-6-10-18)26-24(28)19-13-15-21(16-14-19)27(31(2,29)30)17-20-11-7-8-12-22(20)25/h4-16,23H,3,17H2,1-2H3,(H,26,28)/t23-/m1/s1. The van der Waals surface area contributed by atoms with Gasteiger partial charge in [0.05, 0.1) is 24.5 Å². The van der Waals surface area contributed by atoms with Crippen LogP contribution in [0.5, 0.6) is 0 Å². The first kappa shape index (κ1) is 22.8. The summed E-state index contributed by atoms with van der Waals surface area (Å²) in [5.41, 5.74) is 2.67. The highest BCUT2D eigenvalue weighted by atomic mass is 35.5. The molecule has 1 amide bonds. The van der Waals surface area contributed by atoms with Crippen molar-refractivity contribution >= 4 is 33.2 Å². The first-order chi connectivity index (χ1) is 14.8. The summed E-state index contributed by atoms with van der Waals surface area (Å²) in [5.74, 6) is -0.209. The smallest absolute Gasteiger partial charge is 0.251 e. The summed E-state index contributed by atoms with van der Waals surface area (Å²) in [6.07, 6.45) is 1.91. The number of amides is 1. The van der Waals surface area contributed by atoms with Crippen LogP contribution < -0.4 is 9.62 Å². The van der Waals surface area contributed by atoms with Crippen molar-refractivity contribution in [2.75, 3.05) is 10.6 Å². The molecule has 0 spiro atoms. The van der Waals surface area contributed by atoms with Crippen molar-refractivity contribution in [3.63, 3.8) is 0 Å². The van der Waals surface area contributed by atoms with Crippen molar-refractivity contribution in [2.45, 2.75) is 25.9 Å². The monoisotopic (exact) mass is 456 g/mol. The Kier molecular flexibility index (Phi) is 7.36. The van der Waals surface area contributed by atoms with Gasteiger partial charge in [-0.25, -0.2) is 8.42 Å². The minimum atomic E-state index is -3.55. The number of carbonyl (C=O) groups is 1. The number of benzene rings is 3. The van der Waals surface area contributed by atoms with E-state index in [1.165, 1.54) is 4.31 Å². The molecule has 1 atom stereocenters. The fourth-order valence-corrected chi connectivity index (χ4v) is 4.38. The largest absolute Gasteiger partial charge is 0.345 e. The van der Waals surface area contributed by atoms with Gasteiger partial charge in [-0.3, -0.25) is 9.10 Å². The molecular formula is C24H25ClN2O3S. The molecule has 3 aromatic carbocycles. The Morgan fingerprint density at radius 3 is 2.16 bits per heavy atom. The lowest BCUT2D eigenvalue weighted by atomic mass is 10.0. The van der Waals surface area contributed by atoms with Gasteiger partial charge in [-0.05, 0) is 47.9 Å². The van der Waals surface area contributed by atoms with Crippen molar-refractivity contribution in [3.8, 4) is 0 Å². The second kappa shape index (κ2) is 9.98. The van der Waals surface area contributed by atoms with Crippen LogP contribution in [0.4, 0.5) is 5.69 Å². The van der Waals surface area contributed by atoms with Gasteiger partial charge in [0, 0.05) is 10.6 Å². The van der Waals surface area contributed by atoms with Crippen LogP contribution in [0.2, 0.25) is 5.02 Å². The zero-order valence-electron chi connectivity index (χ0n) is 17.5. The number of rotatable bonds is 8. The van der Waals surface area contributed by atoms with Crippen LogP contribution in [-0.2, 0) is 16.6 Å². The van der Waals surface area contributed by atoms with E-state index in [0.717, 1.165) is 18.2 Å². The number of hydrogen-bond acceptors (Lipinski definition) is 3. The number of halogens is 1. The molecule has 162 valence electrons. The molecule has 0 unspecified atom stereocenters. The van der Waals surface area contributed by atoms with Gasteiger partial charge in [-0.2, -0.15) is 0 Å². The molecule has 0 fully saturated rings. The van der Waals surface area contributed by atoms with Crippen LogP contribution in [0.1, 0.15) is 40.9 Å². The predicted octanol–water partition coefficient (Wildman–Crippen LogP) is 5.19. The zero-order valence-corrected chi connectivity index (χ0v) is 19.0. The highest BCUT2D eigenvalue weighted by Gasteiger charge is 2.20. The van der Waals surface area contributed by atoms with E-state index in [0.29, 0.717) is 21.8 Å². The number of hydrogen-bond donors (Lipinski definition) is 1. The average molecular weight is 457 g/mol. The Hall–Kier alpha value is -2.83. The Morgan fingerprint density at radius 1 is 0.968 bits per heavy atom. The Labute approximate surface area is 188 Å². The van der Waals surface area contributed by atoms with Gasteiger partial charge in [0.1, 0.15) is 0 Å². The van der Waals surface area contributed by atoms with Gasteiger partial charge in [-0.1, -0.05) is 67.1 Å². The fraction of sp³-hybridized carbons (Fsp3) is 0.208. The highest BCUT2D eigenvalue weighted by Crippen LogP contribution is 2.25. The van der Waals surface area contributed by atoms with Crippen molar-refractivity contribution in [1.82, 2.24) is 5.32 Å². The van der Waals surface area contributed by atoms with Crippen molar-refractivity contribution in [3.05, 3.63) is 101 Å². The molecule has 0 aliphatic carbocycles. The van der Waals surface area contributed by atoms with E-state index in [9.17, 15) is 13.2 Å². The predicted molar refractivity (Wildman–Crippen MR) is 126 cm³/mol. The molecule has 7 heteroatoms. The molecule has 0 bridgehead atoms. The molecular weight excluding hydrogens is 432 g/mol. The first-order valence-electron chi connectivity index (χ1n) is 9.96. The third kappa shape index (κ3) is 5.87. The summed E-state index contributed by atoms with van der Waals surface area (Å²) in [7, 11) is -3.55. The lowest BCUT2D eigenvalue weighted by Crippen LogP contribution is -2.30. The van der Waals surface area contributed by atoms with Crippen LogP contribution in [0.25, 0.3) is 0 Å². The summed E-state index contributed by atoms with van der Waals surface area (Å²) in [5, 5.41) is 3.54. The molecule has 0 radical (unpaired) electrons. The van der Waals surface area contributed by atoms with Gasteiger partial charge >= 0.3 is 0 Å². The summed E-state index contributed by atoms with van der Waals surface area (Å²) in [6, 6.07) is 23.3. The summed E-state index contributed by atoms with van der Waals surface area (Å²) >= 11 is 6.21. The summed E-state index contributed by atoms with van der Waals surface area (Å²) < 4.78 is 26.1. The number of anilines is 1. The van der Waals surface area contributed by atoms with Crippen molar-refractivity contribution in [2.24, 2.45) is 0 Å². The maximum atomic E-state index is 12.7. The number of nitrogens with one attached hydrogen (secondary N) is 1. The lowest BCUT2D eigenvalue weighted by Gasteiger charge is -2.23. The number of sulfonamides is 1. The van der Waals surface area contributed by atoms with Gasteiger partial charge in [0.2, 0.25) is 10.0 Å². The molecule has 0 saturated heterocycles. The third-order valence-electron chi connectivity index (χ3n) is 5.01. The summed E-state index contributed by atoms with van der Waals surface area (Å²) in [4.78, 5) is 12.7. The zero-order chi connectivity index (χ0) is 22.4. The van der Waals surface area contributed by atoms with E-state index in [1.54, 1.807) is 42.5 Å². The SMILES string of the molecule is CC[C@@H](NC(=O)c1ccc(N(Cc2ccccc2Cl)S(C)(=O)=O)cc1)c1ccccc1. The quantitative estimate of drug-likeness (QED) is 0.507. The minimum Gasteiger partial charge on any atom is -0.345 e. The Bertz CT molecular complexity index is 1130. The van der Waals surface area contributed by atoms with E-state index in [2.05, 4.69) is 5.32 Å². The molecule has 1 N–H and O–H groups in total. The normalized spacial score (nSPS) is 12.2. The molecule has 0 saturated carbocycles. The maximum absolute atomic E-state index is 12.7. The highest BCUT2D eigenvalue weighted by molar-refractivity contribution is 7.92. The van der Waals surface area contributed by atoms with E-state index in [1.807, 2.05) is 43.3 Å². The van der Waals surface area contributed by atoms with Gasteiger partial charge in [0.25, 0.3) is 5.91 Å². The maximum Gasteiger partial charge on any atom is 0.251 e. The molecule has 0 aliphatic rings. The molecule has 5 nitrogen and oxygen atoms in total. The molecule has 3 aromatic rings. The molecule has 0 aromatic heterocycles. The fourth-order valence-electron chi connectivity index (χ4n) is 3.31. The van der Waals surface area contributed by atoms with Crippen LogP contribution in [0, 0.1) is 0 Å². The lowest BCUT2D eigenvalue weighted by molar-refractivity contribution is 0.0935. The molecule has 31 heavy (non-hydrogen) atoms. The van der Waals surface area contributed by atoms with E-state index in [4.69, 9.17) is 11.6 Å². The molecule has 0 heterocycles. The summed E-state index contributed by atoms with van der Waals surface area (Å²) in [6.45, 7) is 2.12. The Morgan fingerprint density at radius 2 is 1.58 bits per heavy atom.